The Labute approximate surface area is 194 Å². The number of ether oxygens (including phenoxy) is 1. The fourth-order valence-corrected chi connectivity index (χ4v) is 4.09. The van der Waals surface area contributed by atoms with Crippen molar-refractivity contribution in [1.82, 2.24) is 24.8 Å². The lowest BCUT2D eigenvalue weighted by atomic mass is 10.1. The first kappa shape index (κ1) is 23.8. The van der Waals surface area contributed by atoms with E-state index in [1.165, 1.54) is 6.33 Å². The van der Waals surface area contributed by atoms with E-state index < -0.39 is 6.04 Å². The molecule has 3 N–H and O–H groups in total. The molecule has 0 fully saturated rings. The van der Waals surface area contributed by atoms with E-state index in [1.807, 2.05) is 36.3 Å². The van der Waals surface area contributed by atoms with Crippen molar-refractivity contribution in [3.8, 4) is 5.75 Å². The highest BCUT2D eigenvalue weighted by Gasteiger charge is 2.26. The number of aliphatic hydroxyl groups excluding tert-OH is 1. The summed E-state index contributed by atoms with van der Waals surface area (Å²) in [7, 11) is 5.24. The number of amides is 1. The van der Waals surface area contributed by atoms with Crippen molar-refractivity contribution >= 4 is 41.9 Å². The molecule has 9 nitrogen and oxygen atoms in total. The molecular formula is C22H30N6O3S. The van der Waals surface area contributed by atoms with Crippen LogP contribution >= 0.6 is 13.5 Å². The average Bonchev–Trinajstić information content (AvgIpc) is 3.18. The minimum atomic E-state index is -0.626. The lowest BCUT2D eigenvalue weighted by Crippen LogP contribution is -2.48. The van der Waals surface area contributed by atoms with Gasteiger partial charge in [-0.3, -0.25) is 9.69 Å². The van der Waals surface area contributed by atoms with Crippen LogP contribution < -0.4 is 10.1 Å². The normalized spacial score (nSPS) is 17.8. The summed E-state index contributed by atoms with van der Waals surface area (Å²) in [4.78, 5) is 28.6. The van der Waals surface area contributed by atoms with E-state index in [1.54, 1.807) is 19.1 Å². The third-order valence-electron chi connectivity index (χ3n) is 5.82. The van der Waals surface area contributed by atoms with Crippen LogP contribution in [0.1, 0.15) is 17.5 Å². The zero-order valence-corrected chi connectivity index (χ0v) is 19.6. The van der Waals surface area contributed by atoms with Gasteiger partial charge < -0.3 is 25.0 Å². The molecule has 2 bridgehead atoms. The van der Waals surface area contributed by atoms with Gasteiger partial charge in [-0.05, 0) is 43.7 Å². The second kappa shape index (κ2) is 10.2. The number of nitrogens with one attached hydrogen (secondary N) is 2. The highest BCUT2D eigenvalue weighted by Crippen LogP contribution is 2.30. The molecular weight excluding hydrogens is 428 g/mol. The Morgan fingerprint density at radius 2 is 2.06 bits per heavy atom. The van der Waals surface area contributed by atoms with Crippen molar-refractivity contribution < 1.29 is 14.6 Å². The van der Waals surface area contributed by atoms with E-state index in [0.29, 0.717) is 13.1 Å². The number of anilines is 2. The predicted octanol–water partition coefficient (Wildman–Crippen LogP) is 2.02. The van der Waals surface area contributed by atoms with Gasteiger partial charge in [0.1, 0.15) is 29.6 Å². The van der Waals surface area contributed by atoms with Crippen LogP contribution in [0.3, 0.4) is 0 Å². The van der Waals surface area contributed by atoms with Gasteiger partial charge in [0.25, 0.3) is 0 Å². The summed E-state index contributed by atoms with van der Waals surface area (Å²) in [6, 6.07) is 5.18. The number of methoxy groups -OCH3 is 1. The maximum absolute atomic E-state index is 13.0. The second-order valence-electron chi connectivity index (χ2n) is 7.89. The van der Waals surface area contributed by atoms with E-state index in [9.17, 15) is 9.90 Å². The third kappa shape index (κ3) is 4.67. The van der Waals surface area contributed by atoms with Crippen LogP contribution in [0.2, 0.25) is 0 Å². The maximum atomic E-state index is 13.0. The molecule has 0 spiro atoms. The number of hydrogen-bond acceptors (Lipinski definition) is 7. The summed E-state index contributed by atoms with van der Waals surface area (Å²) < 4.78 is 5.54. The standard InChI is InChI=1S/C22H28N6O3.H2S/c1-27-8-4-5-14-10-23-20-19(14)21(25-13-24-20)26-16-6-7-18(31-3)15(9-16)11-28(2)17(12-29)22(27)30;/h6-7,9-10,13,17,29H,4-5,8,11-12H2,1-3H3,(H2,23,24,25,26);1H2. The Balaban J connectivity index is 0.00000289. The number of hydrogen-bond donors (Lipinski definition) is 3. The molecule has 1 unspecified atom stereocenters. The summed E-state index contributed by atoms with van der Waals surface area (Å²) in [6.07, 6.45) is 5.05. The van der Waals surface area contributed by atoms with Crippen molar-refractivity contribution in [3.63, 3.8) is 0 Å². The van der Waals surface area contributed by atoms with Gasteiger partial charge in [0.05, 0.1) is 19.1 Å². The van der Waals surface area contributed by atoms with Gasteiger partial charge in [-0.2, -0.15) is 13.5 Å². The zero-order chi connectivity index (χ0) is 22.0. The number of benzene rings is 1. The summed E-state index contributed by atoms with van der Waals surface area (Å²) in [5.41, 5.74) is 3.63. The highest BCUT2D eigenvalue weighted by atomic mass is 32.1. The molecule has 1 amide bonds. The van der Waals surface area contributed by atoms with Crippen LogP contribution in [0.5, 0.6) is 5.75 Å². The second-order valence-corrected chi connectivity index (χ2v) is 7.89. The Morgan fingerprint density at radius 1 is 1.25 bits per heavy atom. The lowest BCUT2D eigenvalue weighted by molar-refractivity contribution is -0.136. The van der Waals surface area contributed by atoms with Gasteiger partial charge in [-0.25, -0.2) is 9.97 Å². The van der Waals surface area contributed by atoms with E-state index in [2.05, 4.69) is 20.3 Å². The van der Waals surface area contributed by atoms with E-state index in [4.69, 9.17) is 4.74 Å². The molecule has 1 aliphatic heterocycles. The van der Waals surface area contributed by atoms with Crippen LogP contribution in [0, 0.1) is 0 Å². The van der Waals surface area contributed by atoms with Gasteiger partial charge >= 0.3 is 0 Å². The Kier molecular flexibility index (Phi) is 7.60. The van der Waals surface area contributed by atoms with Crippen LogP contribution in [0.4, 0.5) is 11.5 Å². The first-order chi connectivity index (χ1) is 15.0. The van der Waals surface area contributed by atoms with Crippen LogP contribution in [-0.2, 0) is 17.8 Å². The fraction of sp³-hybridized carbons (Fsp3) is 0.409. The number of fused-ring (bicyclic) bond motifs is 2. The number of aryl methyl sites for hydroxylation is 1. The first-order valence-corrected chi connectivity index (χ1v) is 10.3. The van der Waals surface area contributed by atoms with Gasteiger partial charge in [0, 0.05) is 37.6 Å². The van der Waals surface area contributed by atoms with Crippen LogP contribution in [0.25, 0.3) is 11.0 Å². The van der Waals surface area contributed by atoms with Crippen molar-refractivity contribution in [1.29, 1.82) is 0 Å². The van der Waals surface area contributed by atoms with Gasteiger partial charge in [0.15, 0.2) is 0 Å². The first-order valence-electron chi connectivity index (χ1n) is 10.3. The van der Waals surface area contributed by atoms with E-state index >= 15 is 0 Å². The highest BCUT2D eigenvalue weighted by molar-refractivity contribution is 7.59. The van der Waals surface area contributed by atoms with E-state index in [-0.39, 0.29) is 26.0 Å². The minimum absolute atomic E-state index is 0. The van der Waals surface area contributed by atoms with Crippen molar-refractivity contribution in [2.24, 2.45) is 0 Å². The number of carbonyl (C=O) groups is 1. The lowest BCUT2D eigenvalue weighted by Gasteiger charge is -2.30. The van der Waals surface area contributed by atoms with Gasteiger partial charge in [-0.1, -0.05) is 0 Å². The number of aromatic nitrogens is 3. The topological polar surface area (TPSA) is 107 Å². The van der Waals surface area contributed by atoms with Crippen molar-refractivity contribution in [2.45, 2.75) is 25.4 Å². The molecule has 1 atom stereocenters. The predicted molar refractivity (Wildman–Crippen MR) is 129 cm³/mol. The quantitative estimate of drug-likeness (QED) is 0.539. The van der Waals surface area contributed by atoms with Gasteiger partial charge in [0.2, 0.25) is 5.91 Å². The zero-order valence-electron chi connectivity index (χ0n) is 18.6. The summed E-state index contributed by atoms with van der Waals surface area (Å²) >= 11 is 0. The molecule has 172 valence electrons. The van der Waals surface area contributed by atoms with Crippen molar-refractivity contribution in [2.75, 3.05) is 39.7 Å². The molecule has 1 aromatic carbocycles. The molecule has 3 aromatic rings. The van der Waals surface area contributed by atoms with E-state index in [0.717, 1.165) is 52.3 Å². The molecule has 4 rings (SSSR count). The molecule has 32 heavy (non-hydrogen) atoms. The smallest absolute Gasteiger partial charge is 0.242 e. The Morgan fingerprint density at radius 3 is 2.81 bits per heavy atom. The largest absolute Gasteiger partial charge is 0.496 e. The number of carbonyl (C=O) groups excluding carboxylic acids is 1. The Bertz CT molecular complexity index is 1090. The average molecular weight is 459 g/mol. The maximum Gasteiger partial charge on any atom is 0.242 e. The minimum Gasteiger partial charge on any atom is -0.496 e. The molecule has 10 heteroatoms. The number of aliphatic hydroxyl groups is 1. The fourth-order valence-electron chi connectivity index (χ4n) is 4.09. The third-order valence-corrected chi connectivity index (χ3v) is 5.82. The van der Waals surface area contributed by atoms with Crippen LogP contribution in [0.15, 0.2) is 30.7 Å². The number of aromatic amines is 1. The number of nitrogens with zero attached hydrogens (tertiary/aromatic N) is 4. The van der Waals surface area contributed by atoms with Crippen LogP contribution in [-0.4, -0.2) is 76.2 Å². The molecule has 1 aliphatic rings. The summed E-state index contributed by atoms with van der Waals surface area (Å²) in [5.74, 6) is 1.35. The molecule has 0 radical (unpaired) electrons. The molecule has 0 saturated carbocycles. The molecule has 2 aromatic heterocycles. The monoisotopic (exact) mass is 458 g/mol. The van der Waals surface area contributed by atoms with Crippen molar-refractivity contribution in [3.05, 3.63) is 41.9 Å². The summed E-state index contributed by atoms with van der Waals surface area (Å²) in [6.45, 7) is 0.779. The molecule has 0 saturated heterocycles. The number of H-pyrrole nitrogens is 1. The van der Waals surface area contributed by atoms with Gasteiger partial charge in [-0.15, -0.1) is 0 Å². The number of likely N-dealkylation sites (N-methyl/N-ethyl adjacent to an activating group) is 2. The number of rotatable bonds is 2. The Hall–Kier alpha value is -2.82. The SMILES string of the molecule is COc1ccc2cc1CN(C)C(CO)C(=O)N(C)CCCc1c[nH]c3ncnc(c13)N2.S. The molecule has 3 heterocycles. The molecule has 0 aliphatic carbocycles. The summed E-state index contributed by atoms with van der Waals surface area (Å²) in [5, 5.41) is 14.3.